The van der Waals surface area contributed by atoms with Gasteiger partial charge < -0.3 is 0 Å². The van der Waals surface area contributed by atoms with Gasteiger partial charge in [0.25, 0.3) is 5.56 Å². The van der Waals surface area contributed by atoms with Gasteiger partial charge in [-0.3, -0.25) is 4.79 Å². The molecule has 0 amide bonds. The van der Waals surface area contributed by atoms with Crippen LogP contribution in [0.3, 0.4) is 0 Å². The molecule has 0 aliphatic heterocycles. The number of fused-ring (bicyclic) bond motifs is 1. The highest BCUT2D eigenvalue weighted by molar-refractivity contribution is 7.15. The van der Waals surface area contributed by atoms with Crippen LogP contribution in [-0.4, -0.2) is 14.6 Å². The highest BCUT2D eigenvalue weighted by atomic mass is 35.5. The highest BCUT2D eigenvalue weighted by Gasteiger charge is 2.59. The summed E-state index contributed by atoms with van der Waals surface area (Å²) >= 11 is 14.6. The molecule has 0 spiro atoms. The molecular formula is C17H15Cl2N3OS2. The number of rotatable bonds is 3. The third-order valence-electron chi connectivity index (χ3n) is 4.86. The fraction of sp³-hybridized carbons (Fsp3) is 0.353. The molecule has 3 heterocycles. The first-order chi connectivity index (χ1) is 11.8. The van der Waals surface area contributed by atoms with Crippen LogP contribution < -0.4 is 10.1 Å². The van der Waals surface area contributed by atoms with E-state index in [1.165, 1.54) is 15.9 Å². The van der Waals surface area contributed by atoms with Gasteiger partial charge in [0.2, 0.25) is 4.96 Å². The lowest BCUT2D eigenvalue weighted by Crippen LogP contribution is -2.23. The molecular weight excluding hydrogens is 397 g/mol. The Balaban J connectivity index is 1.75. The Labute approximate surface area is 162 Å². The van der Waals surface area contributed by atoms with E-state index in [2.05, 4.69) is 23.9 Å². The van der Waals surface area contributed by atoms with E-state index in [0.29, 0.717) is 15.3 Å². The topological polar surface area (TPSA) is 47.3 Å². The van der Waals surface area contributed by atoms with Gasteiger partial charge in [-0.05, 0) is 47.4 Å². The van der Waals surface area contributed by atoms with Crippen molar-refractivity contribution in [3.05, 3.63) is 53.2 Å². The minimum absolute atomic E-state index is 0.0157. The monoisotopic (exact) mass is 411 g/mol. The number of hydrogen-bond acceptors (Lipinski definition) is 5. The van der Waals surface area contributed by atoms with Gasteiger partial charge in [-0.2, -0.15) is 4.52 Å². The van der Waals surface area contributed by atoms with Gasteiger partial charge in [-0.25, -0.2) is 4.98 Å². The van der Waals surface area contributed by atoms with E-state index in [1.54, 1.807) is 11.3 Å². The van der Waals surface area contributed by atoms with Crippen molar-refractivity contribution in [2.75, 3.05) is 0 Å². The van der Waals surface area contributed by atoms with Crippen LogP contribution in [-0.2, 0) is 0 Å². The molecule has 0 bridgehead atoms. The molecule has 0 N–H and O–H groups in total. The molecule has 1 fully saturated rings. The summed E-state index contributed by atoms with van der Waals surface area (Å²) in [7, 11) is 0. The van der Waals surface area contributed by atoms with Crippen LogP contribution >= 0.6 is 45.9 Å². The molecule has 130 valence electrons. The van der Waals surface area contributed by atoms with Crippen molar-refractivity contribution in [3.63, 3.8) is 0 Å². The van der Waals surface area contributed by atoms with E-state index in [9.17, 15) is 4.79 Å². The number of halogens is 2. The van der Waals surface area contributed by atoms with E-state index in [-0.39, 0.29) is 27.3 Å². The van der Waals surface area contributed by atoms with Crippen LogP contribution in [0.1, 0.15) is 36.0 Å². The Kier molecular flexibility index (Phi) is 4.07. The third-order valence-corrected chi connectivity index (χ3v) is 7.03. The number of thiophene rings is 1. The second-order valence-electron chi connectivity index (χ2n) is 6.83. The van der Waals surface area contributed by atoms with Gasteiger partial charge in [-0.1, -0.05) is 48.4 Å². The summed E-state index contributed by atoms with van der Waals surface area (Å²) in [6.07, 6.45) is 3.75. The Bertz CT molecular complexity index is 1110. The molecule has 2 atom stereocenters. The Morgan fingerprint density at radius 1 is 1.40 bits per heavy atom. The standard InChI is InChI=1S/C17H15Cl2N3OS2/c1-8-4-5-24-10(8)7-11-15(23)22-16(25-11)20-14(21-22)13-9(6-12(18)19)17(13,2)3/h4-7,9,13H,1-3H3/b11-7+/t9-,13-/m0/s1. The molecule has 0 radical (unpaired) electrons. The molecule has 0 unspecified atom stereocenters. The van der Waals surface area contributed by atoms with E-state index in [1.807, 2.05) is 30.5 Å². The van der Waals surface area contributed by atoms with Gasteiger partial charge in [0.05, 0.1) is 4.53 Å². The van der Waals surface area contributed by atoms with Crippen molar-refractivity contribution in [2.24, 2.45) is 11.3 Å². The van der Waals surface area contributed by atoms with Crippen molar-refractivity contribution in [3.8, 4) is 0 Å². The van der Waals surface area contributed by atoms with Gasteiger partial charge in [-0.15, -0.1) is 16.4 Å². The summed E-state index contributed by atoms with van der Waals surface area (Å²) in [5.74, 6) is 0.992. The number of hydrogen-bond donors (Lipinski definition) is 0. The Morgan fingerprint density at radius 2 is 2.16 bits per heavy atom. The number of thiazole rings is 1. The lowest BCUT2D eigenvalue weighted by atomic mass is 10.1. The van der Waals surface area contributed by atoms with Crippen LogP contribution in [0.25, 0.3) is 11.0 Å². The third kappa shape index (κ3) is 2.85. The quantitative estimate of drug-likeness (QED) is 0.650. The second-order valence-corrected chi connectivity index (χ2v) is 9.79. The zero-order chi connectivity index (χ0) is 17.9. The van der Waals surface area contributed by atoms with Crippen LogP contribution in [0.15, 0.2) is 26.8 Å². The first-order valence-corrected chi connectivity index (χ1v) is 10.2. The lowest BCUT2D eigenvalue weighted by molar-refractivity contribution is 0.585. The average Bonchev–Trinajstić information content (AvgIpc) is 2.95. The molecule has 1 saturated carbocycles. The Hall–Kier alpha value is -1.21. The lowest BCUT2D eigenvalue weighted by Gasteiger charge is -1.97. The first kappa shape index (κ1) is 17.2. The van der Waals surface area contributed by atoms with Crippen LogP contribution in [0.4, 0.5) is 0 Å². The van der Waals surface area contributed by atoms with Crippen LogP contribution in [0.2, 0.25) is 0 Å². The van der Waals surface area contributed by atoms with E-state index < -0.39 is 0 Å². The molecule has 25 heavy (non-hydrogen) atoms. The summed E-state index contributed by atoms with van der Waals surface area (Å²) < 4.78 is 2.32. The zero-order valence-corrected chi connectivity index (χ0v) is 16.9. The first-order valence-electron chi connectivity index (χ1n) is 7.77. The smallest absolute Gasteiger partial charge is 0.266 e. The molecule has 1 aliphatic carbocycles. The van der Waals surface area contributed by atoms with Crippen molar-refractivity contribution < 1.29 is 0 Å². The number of allylic oxidation sites excluding steroid dienone is 1. The zero-order valence-electron chi connectivity index (χ0n) is 13.8. The summed E-state index contributed by atoms with van der Waals surface area (Å²) in [4.78, 5) is 19.0. The normalized spacial score (nSPS) is 22.5. The van der Waals surface area contributed by atoms with Crippen molar-refractivity contribution in [2.45, 2.75) is 26.7 Å². The predicted octanol–water partition coefficient (Wildman–Crippen LogP) is 4.13. The highest BCUT2D eigenvalue weighted by Crippen LogP contribution is 2.64. The van der Waals surface area contributed by atoms with Crippen molar-refractivity contribution in [1.29, 1.82) is 0 Å². The number of aryl methyl sites for hydroxylation is 1. The van der Waals surface area contributed by atoms with Gasteiger partial charge >= 0.3 is 0 Å². The summed E-state index contributed by atoms with van der Waals surface area (Å²) in [6, 6.07) is 2.04. The fourth-order valence-corrected chi connectivity index (χ4v) is 5.35. The molecule has 4 rings (SSSR count). The molecule has 0 aromatic carbocycles. The van der Waals surface area contributed by atoms with Crippen molar-refractivity contribution in [1.82, 2.24) is 14.6 Å². The summed E-state index contributed by atoms with van der Waals surface area (Å²) in [6.45, 7) is 6.29. The van der Waals surface area contributed by atoms with Crippen LogP contribution in [0, 0.1) is 18.3 Å². The molecule has 3 aromatic heterocycles. The van der Waals surface area contributed by atoms with Gasteiger partial charge in [0, 0.05) is 10.8 Å². The van der Waals surface area contributed by atoms with Crippen LogP contribution in [0.5, 0.6) is 0 Å². The minimum Gasteiger partial charge on any atom is -0.266 e. The maximum absolute atomic E-state index is 12.6. The SMILES string of the molecule is Cc1ccsc1/C=c1/sc2nc([C@@H]3[C@H](C=C(Cl)Cl)C3(C)C)nn2c1=O. The fourth-order valence-electron chi connectivity index (χ4n) is 3.25. The van der Waals surface area contributed by atoms with Crippen molar-refractivity contribution >= 4 is 56.9 Å². The second kappa shape index (κ2) is 5.91. The maximum Gasteiger partial charge on any atom is 0.291 e. The van der Waals surface area contributed by atoms with E-state index >= 15 is 0 Å². The summed E-state index contributed by atoms with van der Waals surface area (Å²) in [5, 5.41) is 6.49. The Morgan fingerprint density at radius 3 is 2.76 bits per heavy atom. The predicted molar refractivity (Wildman–Crippen MR) is 105 cm³/mol. The molecule has 8 heteroatoms. The molecule has 0 saturated heterocycles. The molecule has 4 nitrogen and oxygen atoms in total. The average molecular weight is 412 g/mol. The van der Waals surface area contributed by atoms with Gasteiger partial charge in [0.1, 0.15) is 4.49 Å². The molecule has 3 aromatic rings. The largest absolute Gasteiger partial charge is 0.291 e. The number of aromatic nitrogens is 3. The minimum atomic E-state index is -0.118. The maximum atomic E-state index is 12.6. The molecule has 1 aliphatic rings. The van der Waals surface area contributed by atoms with E-state index in [4.69, 9.17) is 23.2 Å². The number of nitrogens with zero attached hydrogens (tertiary/aromatic N) is 3. The van der Waals surface area contributed by atoms with E-state index in [0.717, 1.165) is 10.4 Å². The summed E-state index contributed by atoms with van der Waals surface area (Å²) in [5.41, 5.74) is 1.03. The van der Waals surface area contributed by atoms with Gasteiger partial charge in [0.15, 0.2) is 5.82 Å².